The summed E-state index contributed by atoms with van der Waals surface area (Å²) < 4.78 is 6.99. The van der Waals surface area contributed by atoms with Crippen molar-refractivity contribution in [3.63, 3.8) is 0 Å². The van der Waals surface area contributed by atoms with Crippen LogP contribution in [0, 0.1) is 0 Å². The van der Waals surface area contributed by atoms with Gasteiger partial charge in [-0.3, -0.25) is 9.48 Å². The zero-order chi connectivity index (χ0) is 17.2. The summed E-state index contributed by atoms with van der Waals surface area (Å²) in [5.74, 6) is 0.434. The van der Waals surface area contributed by atoms with Crippen LogP contribution in [0.25, 0.3) is 11.3 Å². The Bertz CT molecular complexity index is 733. The van der Waals surface area contributed by atoms with Gasteiger partial charge in [0.15, 0.2) is 0 Å². The number of aromatic nitrogens is 2. The van der Waals surface area contributed by atoms with Gasteiger partial charge in [0.2, 0.25) is 0 Å². The molecule has 1 heterocycles. The number of ether oxygens (including phenoxy) is 1. The van der Waals surface area contributed by atoms with Gasteiger partial charge in [0, 0.05) is 25.4 Å². The predicted molar refractivity (Wildman–Crippen MR) is 90.9 cm³/mol. The monoisotopic (exact) mass is 329 g/mol. The molecule has 0 bridgehead atoms. The summed E-state index contributed by atoms with van der Waals surface area (Å²) >= 11 is 0. The first kappa shape index (κ1) is 16.5. The average molecular weight is 329 g/mol. The van der Waals surface area contributed by atoms with E-state index in [9.17, 15) is 9.90 Å². The molecule has 1 aliphatic carbocycles. The third kappa shape index (κ3) is 3.28. The number of methoxy groups -OCH3 is 1. The summed E-state index contributed by atoms with van der Waals surface area (Å²) in [6.45, 7) is 0.270. The van der Waals surface area contributed by atoms with Crippen molar-refractivity contribution in [1.29, 1.82) is 0 Å². The van der Waals surface area contributed by atoms with Gasteiger partial charge in [-0.15, -0.1) is 0 Å². The maximum absolute atomic E-state index is 12.6. The summed E-state index contributed by atoms with van der Waals surface area (Å²) in [7, 11) is 3.37. The molecule has 1 aliphatic rings. The summed E-state index contributed by atoms with van der Waals surface area (Å²) in [6, 6.07) is 7.48. The predicted octanol–water partition coefficient (Wildman–Crippen LogP) is 2.13. The second-order valence-electron chi connectivity index (χ2n) is 6.38. The molecular weight excluding hydrogens is 306 g/mol. The number of carbonyl (C=O) groups excluding carboxylic acids is 1. The molecule has 0 saturated heterocycles. The number of rotatable bonds is 5. The Kier molecular flexibility index (Phi) is 4.57. The average Bonchev–Trinajstić information content (AvgIpc) is 3.19. The van der Waals surface area contributed by atoms with Crippen molar-refractivity contribution in [2.75, 3.05) is 13.7 Å². The van der Waals surface area contributed by atoms with Crippen LogP contribution in [0.3, 0.4) is 0 Å². The maximum atomic E-state index is 12.6. The third-order valence-corrected chi connectivity index (χ3v) is 4.55. The van der Waals surface area contributed by atoms with Crippen molar-refractivity contribution in [2.45, 2.75) is 31.3 Å². The highest BCUT2D eigenvalue weighted by Gasteiger charge is 2.32. The van der Waals surface area contributed by atoms with Gasteiger partial charge in [-0.1, -0.05) is 25.0 Å². The van der Waals surface area contributed by atoms with Crippen LogP contribution in [0.1, 0.15) is 36.0 Å². The maximum Gasteiger partial charge on any atom is 0.255 e. The number of hydrogen-bond acceptors (Lipinski definition) is 4. The minimum Gasteiger partial charge on any atom is -0.496 e. The Balaban J connectivity index is 1.84. The molecule has 1 saturated carbocycles. The first-order chi connectivity index (χ1) is 11.5. The Hall–Kier alpha value is -2.34. The summed E-state index contributed by atoms with van der Waals surface area (Å²) in [5.41, 5.74) is 1.04. The third-order valence-electron chi connectivity index (χ3n) is 4.55. The fourth-order valence-electron chi connectivity index (χ4n) is 3.24. The lowest BCUT2D eigenvalue weighted by molar-refractivity contribution is 0.0450. The molecule has 24 heavy (non-hydrogen) atoms. The van der Waals surface area contributed by atoms with Gasteiger partial charge in [-0.05, 0) is 25.0 Å². The minimum absolute atomic E-state index is 0.232. The molecule has 128 valence electrons. The van der Waals surface area contributed by atoms with E-state index in [0.717, 1.165) is 31.2 Å². The normalized spacial score (nSPS) is 16.1. The standard InChI is InChI=1S/C18H23N3O3/c1-21-11-14(17(22)19-12-18(23)9-5-6-10-18)16(20-21)13-7-3-4-8-15(13)24-2/h3-4,7-8,11,23H,5-6,9-10,12H2,1-2H3,(H,19,22). The van der Waals surface area contributed by atoms with Crippen molar-refractivity contribution in [1.82, 2.24) is 15.1 Å². The van der Waals surface area contributed by atoms with Crippen LogP contribution in [-0.2, 0) is 7.05 Å². The number of nitrogens with zero attached hydrogens (tertiary/aromatic N) is 2. The minimum atomic E-state index is -0.775. The molecule has 2 aromatic rings. The number of aryl methyl sites for hydroxylation is 1. The first-order valence-electron chi connectivity index (χ1n) is 8.20. The highest BCUT2D eigenvalue weighted by molar-refractivity contribution is 6.00. The van der Waals surface area contributed by atoms with E-state index in [0.29, 0.717) is 17.0 Å². The molecule has 1 amide bonds. The van der Waals surface area contributed by atoms with Crippen LogP contribution in [0.2, 0.25) is 0 Å². The lowest BCUT2D eigenvalue weighted by Gasteiger charge is -2.22. The van der Waals surface area contributed by atoms with Gasteiger partial charge >= 0.3 is 0 Å². The molecule has 0 aliphatic heterocycles. The molecule has 3 rings (SSSR count). The van der Waals surface area contributed by atoms with Crippen LogP contribution in [0.4, 0.5) is 0 Å². The Morgan fingerprint density at radius 2 is 2.08 bits per heavy atom. The van der Waals surface area contributed by atoms with Crippen molar-refractivity contribution in [3.05, 3.63) is 36.0 Å². The quantitative estimate of drug-likeness (QED) is 0.881. The van der Waals surface area contributed by atoms with Gasteiger partial charge in [0.25, 0.3) is 5.91 Å². The van der Waals surface area contributed by atoms with Gasteiger partial charge in [-0.2, -0.15) is 5.10 Å². The van der Waals surface area contributed by atoms with E-state index in [2.05, 4.69) is 10.4 Å². The fraction of sp³-hybridized carbons (Fsp3) is 0.444. The molecule has 2 N–H and O–H groups in total. The van der Waals surface area contributed by atoms with Gasteiger partial charge in [-0.25, -0.2) is 0 Å². The molecule has 1 aromatic carbocycles. The summed E-state index contributed by atoms with van der Waals surface area (Å²) in [4.78, 5) is 12.6. The Labute approximate surface area is 141 Å². The molecule has 1 aromatic heterocycles. The SMILES string of the molecule is COc1ccccc1-c1nn(C)cc1C(=O)NCC1(O)CCCC1. The van der Waals surface area contributed by atoms with Gasteiger partial charge in [0.1, 0.15) is 11.4 Å². The zero-order valence-corrected chi connectivity index (χ0v) is 14.1. The smallest absolute Gasteiger partial charge is 0.255 e. The van der Waals surface area contributed by atoms with E-state index in [-0.39, 0.29) is 12.5 Å². The topological polar surface area (TPSA) is 76.4 Å². The van der Waals surface area contributed by atoms with E-state index in [1.807, 2.05) is 24.3 Å². The summed E-state index contributed by atoms with van der Waals surface area (Å²) in [6.07, 6.45) is 5.17. The largest absolute Gasteiger partial charge is 0.496 e. The van der Waals surface area contributed by atoms with Crippen LogP contribution in [0.15, 0.2) is 30.5 Å². The Morgan fingerprint density at radius 3 is 2.79 bits per heavy atom. The molecule has 6 heteroatoms. The molecule has 0 unspecified atom stereocenters. The number of benzene rings is 1. The van der Waals surface area contributed by atoms with Crippen LogP contribution >= 0.6 is 0 Å². The second kappa shape index (κ2) is 6.65. The van der Waals surface area contributed by atoms with E-state index < -0.39 is 5.60 Å². The molecule has 6 nitrogen and oxygen atoms in total. The van der Waals surface area contributed by atoms with Crippen molar-refractivity contribution in [3.8, 4) is 17.0 Å². The highest BCUT2D eigenvalue weighted by atomic mass is 16.5. The number of hydrogen-bond donors (Lipinski definition) is 2. The molecule has 1 fully saturated rings. The lowest BCUT2D eigenvalue weighted by atomic mass is 10.0. The Morgan fingerprint density at radius 1 is 1.38 bits per heavy atom. The second-order valence-corrected chi connectivity index (χ2v) is 6.38. The molecule has 0 spiro atoms. The van der Waals surface area contributed by atoms with Crippen LogP contribution in [0.5, 0.6) is 5.75 Å². The van der Waals surface area contributed by atoms with Crippen molar-refractivity contribution >= 4 is 5.91 Å². The lowest BCUT2D eigenvalue weighted by Crippen LogP contribution is -2.40. The number of nitrogens with one attached hydrogen (secondary N) is 1. The van der Waals surface area contributed by atoms with E-state index in [1.165, 1.54) is 0 Å². The van der Waals surface area contributed by atoms with E-state index in [4.69, 9.17) is 4.74 Å². The first-order valence-corrected chi connectivity index (χ1v) is 8.20. The highest BCUT2D eigenvalue weighted by Crippen LogP contribution is 2.31. The molecule has 0 atom stereocenters. The van der Waals surface area contributed by atoms with Gasteiger partial charge in [0.05, 0.1) is 18.3 Å². The number of para-hydroxylation sites is 1. The van der Waals surface area contributed by atoms with Crippen molar-refractivity contribution < 1.29 is 14.6 Å². The summed E-state index contributed by atoms with van der Waals surface area (Å²) in [5, 5.41) is 17.7. The number of amides is 1. The van der Waals surface area contributed by atoms with E-state index >= 15 is 0 Å². The van der Waals surface area contributed by atoms with Gasteiger partial charge < -0.3 is 15.2 Å². The van der Waals surface area contributed by atoms with Crippen molar-refractivity contribution in [2.24, 2.45) is 7.05 Å². The number of aliphatic hydroxyl groups is 1. The van der Waals surface area contributed by atoms with E-state index in [1.54, 1.807) is 25.0 Å². The fourth-order valence-corrected chi connectivity index (χ4v) is 3.24. The van der Waals surface area contributed by atoms with Crippen LogP contribution < -0.4 is 10.1 Å². The number of carbonyl (C=O) groups is 1. The molecule has 0 radical (unpaired) electrons. The molecular formula is C18H23N3O3. The zero-order valence-electron chi connectivity index (χ0n) is 14.1. The van der Waals surface area contributed by atoms with Crippen LogP contribution in [-0.4, -0.2) is 40.0 Å².